The van der Waals surface area contributed by atoms with Crippen LogP contribution in [0.4, 0.5) is 0 Å². The molecule has 0 radical (unpaired) electrons. The van der Waals surface area contributed by atoms with Crippen LogP contribution in [0.1, 0.15) is 46.5 Å². The van der Waals surface area contributed by atoms with Crippen molar-refractivity contribution in [3.63, 3.8) is 0 Å². The average molecular weight is 199 g/mol. The molecule has 0 saturated heterocycles. The third kappa shape index (κ3) is 3.66. The molecule has 0 unspecified atom stereocenters. The van der Waals surface area contributed by atoms with Crippen molar-refractivity contribution in [3.8, 4) is 0 Å². The fourth-order valence-corrected chi connectivity index (χ4v) is 1.92. The third-order valence-corrected chi connectivity index (χ3v) is 2.73. The summed E-state index contributed by atoms with van der Waals surface area (Å²) in [7, 11) is 0. The van der Waals surface area contributed by atoms with E-state index in [9.17, 15) is 4.79 Å². The lowest BCUT2D eigenvalue weighted by Crippen LogP contribution is -2.43. The molecule has 1 aliphatic rings. The van der Waals surface area contributed by atoms with Crippen LogP contribution in [-0.2, 0) is 9.53 Å². The van der Waals surface area contributed by atoms with Crippen LogP contribution in [0.2, 0.25) is 0 Å². The van der Waals surface area contributed by atoms with Gasteiger partial charge in [-0.25, -0.2) is 0 Å². The summed E-state index contributed by atoms with van der Waals surface area (Å²) in [5, 5.41) is 3.29. The first-order valence-corrected chi connectivity index (χ1v) is 5.46. The van der Waals surface area contributed by atoms with Gasteiger partial charge >= 0.3 is 5.97 Å². The molecule has 3 heteroatoms. The van der Waals surface area contributed by atoms with Crippen molar-refractivity contribution in [1.29, 1.82) is 0 Å². The minimum atomic E-state index is -0.145. The third-order valence-electron chi connectivity index (χ3n) is 2.73. The van der Waals surface area contributed by atoms with Crippen LogP contribution < -0.4 is 5.32 Å². The highest BCUT2D eigenvalue weighted by molar-refractivity contribution is 5.71. The first kappa shape index (κ1) is 11.5. The molecule has 0 spiro atoms. The van der Waals surface area contributed by atoms with Gasteiger partial charge < -0.3 is 10.1 Å². The summed E-state index contributed by atoms with van der Waals surface area (Å²) < 4.78 is 5.05. The number of nitrogens with one attached hydrogen (secondary N) is 1. The Balaban J connectivity index is 2.22. The lowest BCUT2D eigenvalue weighted by atomic mass is 10.0. The molecule has 0 aromatic rings. The molecule has 1 aliphatic carbocycles. The summed E-state index contributed by atoms with van der Waals surface area (Å²) in [6, 6.07) is 0. The van der Waals surface area contributed by atoms with E-state index in [1.807, 2.05) is 13.8 Å². The minimum absolute atomic E-state index is 0.0133. The van der Waals surface area contributed by atoms with Gasteiger partial charge in [-0.05, 0) is 33.6 Å². The SMILES string of the molecule is CC(C)OC(=O)CNC1(C)CCCC1. The van der Waals surface area contributed by atoms with E-state index in [2.05, 4.69) is 12.2 Å². The Labute approximate surface area is 86.2 Å². The monoisotopic (exact) mass is 199 g/mol. The van der Waals surface area contributed by atoms with Crippen molar-refractivity contribution in [2.24, 2.45) is 0 Å². The van der Waals surface area contributed by atoms with E-state index in [1.54, 1.807) is 0 Å². The Morgan fingerprint density at radius 1 is 1.43 bits per heavy atom. The molecule has 1 N–H and O–H groups in total. The normalized spacial score (nSPS) is 20.0. The van der Waals surface area contributed by atoms with E-state index in [-0.39, 0.29) is 17.6 Å². The maximum absolute atomic E-state index is 11.3. The zero-order valence-corrected chi connectivity index (χ0v) is 9.43. The van der Waals surface area contributed by atoms with Gasteiger partial charge in [0, 0.05) is 5.54 Å². The standard InChI is InChI=1S/C11H21NO2/c1-9(2)14-10(13)8-12-11(3)6-4-5-7-11/h9,12H,4-8H2,1-3H3. The van der Waals surface area contributed by atoms with Crippen LogP contribution >= 0.6 is 0 Å². The number of carbonyl (C=O) groups excluding carboxylic acids is 1. The molecule has 0 aliphatic heterocycles. The Morgan fingerprint density at radius 2 is 2.00 bits per heavy atom. The molecule has 0 aromatic heterocycles. The van der Waals surface area contributed by atoms with Crippen molar-refractivity contribution >= 4 is 5.97 Å². The highest BCUT2D eigenvalue weighted by atomic mass is 16.5. The zero-order valence-electron chi connectivity index (χ0n) is 9.43. The van der Waals surface area contributed by atoms with E-state index in [4.69, 9.17) is 4.74 Å². The number of carbonyl (C=O) groups is 1. The van der Waals surface area contributed by atoms with Gasteiger partial charge in [-0.1, -0.05) is 12.8 Å². The lowest BCUT2D eigenvalue weighted by molar-refractivity contribution is -0.146. The van der Waals surface area contributed by atoms with Gasteiger partial charge in [0.1, 0.15) is 0 Å². The molecule has 82 valence electrons. The summed E-state index contributed by atoms with van der Waals surface area (Å²) in [4.78, 5) is 11.3. The summed E-state index contributed by atoms with van der Waals surface area (Å²) in [5.41, 5.74) is 0.163. The highest BCUT2D eigenvalue weighted by Crippen LogP contribution is 2.28. The summed E-state index contributed by atoms with van der Waals surface area (Å²) in [5.74, 6) is -0.145. The van der Waals surface area contributed by atoms with Gasteiger partial charge in [0.05, 0.1) is 12.6 Å². The fraction of sp³-hybridized carbons (Fsp3) is 0.909. The zero-order chi connectivity index (χ0) is 10.6. The molecule has 14 heavy (non-hydrogen) atoms. The van der Waals surface area contributed by atoms with Crippen LogP contribution in [0.5, 0.6) is 0 Å². The average Bonchev–Trinajstić information content (AvgIpc) is 2.49. The molecule has 0 amide bonds. The van der Waals surface area contributed by atoms with Gasteiger partial charge in [0.2, 0.25) is 0 Å². The molecular formula is C11H21NO2. The smallest absolute Gasteiger partial charge is 0.320 e. The Hall–Kier alpha value is -0.570. The quantitative estimate of drug-likeness (QED) is 0.702. The first-order valence-electron chi connectivity index (χ1n) is 5.46. The number of rotatable bonds is 4. The van der Waals surface area contributed by atoms with E-state index < -0.39 is 0 Å². The number of hydrogen-bond acceptors (Lipinski definition) is 3. The second-order valence-corrected chi connectivity index (χ2v) is 4.66. The summed E-state index contributed by atoms with van der Waals surface area (Å²) >= 11 is 0. The molecule has 3 nitrogen and oxygen atoms in total. The van der Waals surface area contributed by atoms with E-state index in [0.717, 1.165) is 0 Å². The molecular weight excluding hydrogens is 178 g/mol. The summed E-state index contributed by atoms with van der Waals surface area (Å²) in [6.07, 6.45) is 4.86. The molecule has 1 fully saturated rings. The van der Waals surface area contributed by atoms with Gasteiger partial charge in [-0.15, -0.1) is 0 Å². The highest BCUT2D eigenvalue weighted by Gasteiger charge is 2.28. The van der Waals surface area contributed by atoms with Crippen LogP contribution in [-0.4, -0.2) is 24.2 Å². The topological polar surface area (TPSA) is 38.3 Å². The maximum Gasteiger partial charge on any atom is 0.320 e. The van der Waals surface area contributed by atoms with Crippen molar-refractivity contribution in [3.05, 3.63) is 0 Å². The Kier molecular flexibility index (Phi) is 3.93. The Bertz CT molecular complexity index is 195. The first-order chi connectivity index (χ1) is 6.52. The fourth-order valence-electron chi connectivity index (χ4n) is 1.92. The second kappa shape index (κ2) is 4.78. The van der Waals surface area contributed by atoms with Crippen LogP contribution in [0.3, 0.4) is 0 Å². The van der Waals surface area contributed by atoms with Gasteiger partial charge in [0.15, 0.2) is 0 Å². The molecule has 0 aromatic carbocycles. The predicted molar refractivity (Wildman–Crippen MR) is 56.1 cm³/mol. The van der Waals surface area contributed by atoms with Crippen molar-refractivity contribution in [2.75, 3.05) is 6.54 Å². The number of ether oxygens (including phenoxy) is 1. The van der Waals surface area contributed by atoms with Crippen molar-refractivity contribution in [2.45, 2.75) is 58.1 Å². The van der Waals surface area contributed by atoms with Crippen molar-refractivity contribution < 1.29 is 9.53 Å². The predicted octanol–water partition coefficient (Wildman–Crippen LogP) is 1.86. The minimum Gasteiger partial charge on any atom is -0.462 e. The van der Waals surface area contributed by atoms with Crippen LogP contribution in [0, 0.1) is 0 Å². The van der Waals surface area contributed by atoms with Crippen LogP contribution in [0.15, 0.2) is 0 Å². The van der Waals surface area contributed by atoms with Gasteiger partial charge in [-0.3, -0.25) is 4.79 Å². The van der Waals surface area contributed by atoms with E-state index in [0.29, 0.717) is 6.54 Å². The van der Waals surface area contributed by atoms with E-state index in [1.165, 1.54) is 25.7 Å². The second-order valence-electron chi connectivity index (χ2n) is 4.66. The number of hydrogen-bond donors (Lipinski definition) is 1. The largest absolute Gasteiger partial charge is 0.462 e. The maximum atomic E-state index is 11.3. The molecule has 1 rings (SSSR count). The molecule has 1 saturated carbocycles. The molecule has 0 atom stereocenters. The van der Waals surface area contributed by atoms with Gasteiger partial charge in [0.25, 0.3) is 0 Å². The lowest BCUT2D eigenvalue weighted by Gasteiger charge is -2.24. The molecule has 0 heterocycles. The molecule has 0 bridgehead atoms. The number of esters is 1. The van der Waals surface area contributed by atoms with E-state index >= 15 is 0 Å². The van der Waals surface area contributed by atoms with Gasteiger partial charge in [-0.2, -0.15) is 0 Å². The van der Waals surface area contributed by atoms with Crippen LogP contribution in [0.25, 0.3) is 0 Å². The summed E-state index contributed by atoms with van der Waals surface area (Å²) in [6.45, 7) is 6.27. The Morgan fingerprint density at radius 3 is 2.50 bits per heavy atom. The van der Waals surface area contributed by atoms with Crippen molar-refractivity contribution in [1.82, 2.24) is 5.32 Å².